The molecule has 0 radical (unpaired) electrons. The molecule has 0 aliphatic heterocycles. The van der Waals surface area contributed by atoms with Crippen LogP contribution in [-0.4, -0.2) is 12.7 Å². The van der Waals surface area contributed by atoms with Crippen molar-refractivity contribution >= 4 is 0 Å². The van der Waals surface area contributed by atoms with Crippen LogP contribution in [0.15, 0.2) is 36.4 Å². The van der Waals surface area contributed by atoms with Crippen LogP contribution in [0.2, 0.25) is 0 Å². The van der Waals surface area contributed by atoms with E-state index in [0.717, 1.165) is 30.8 Å². The van der Waals surface area contributed by atoms with Crippen molar-refractivity contribution in [2.45, 2.75) is 122 Å². The Morgan fingerprint density at radius 2 is 1.58 bits per heavy atom. The Morgan fingerprint density at radius 1 is 0.879 bits per heavy atom. The third kappa shape index (κ3) is 9.66. The minimum absolute atomic E-state index is 0.484. The van der Waals surface area contributed by atoms with Gasteiger partial charge in [0.25, 0.3) is 0 Å². The summed E-state index contributed by atoms with van der Waals surface area (Å²) in [7, 11) is 0. The minimum atomic E-state index is 0.484. The number of ether oxygens (including phenoxy) is 1. The van der Waals surface area contributed by atoms with Gasteiger partial charge in [-0.3, -0.25) is 0 Å². The molecule has 33 heavy (non-hydrogen) atoms. The van der Waals surface area contributed by atoms with Gasteiger partial charge in [0.05, 0.1) is 12.2 Å². The third-order valence-corrected chi connectivity index (χ3v) is 8.16. The van der Waals surface area contributed by atoms with Crippen molar-refractivity contribution < 1.29 is 4.74 Å². The van der Waals surface area contributed by atoms with Gasteiger partial charge in [-0.25, -0.2) is 0 Å². The zero-order valence-corrected chi connectivity index (χ0v) is 21.1. The molecule has 0 unspecified atom stereocenters. The van der Waals surface area contributed by atoms with Crippen LogP contribution in [0.25, 0.3) is 0 Å². The first-order chi connectivity index (χ1) is 16.3. The molecule has 2 fully saturated rings. The van der Waals surface area contributed by atoms with E-state index in [4.69, 9.17) is 10.00 Å². The molecule has 2 heteroatoms. The normalized spacial score (nSPS) is 25.8. The molecule has 2 aliphatic rings. The Balaban J connectivity index is 1.27. The summed E-state index contributed by atoms with van der Waals surface area (Å²) in [5.41, 5.74) is 3.06. The van der Waals surface area contributed by atoms with Crippen molar-refractivity contribution in [3.63, 3.8) is 0 Å². The van der Waals surface area contributed by atoms with E-state index in [0.29, 0.717) is 6.10 Å². The SMILES string of the molecule is CCCCCCCc1ccc([C@H]2CC[C@H](OC[C@H]3CC[C@H](CCC=CC#N)CC3)CC2)cc1. The summed E-state index contributed by atoms with van der Waals surface area (Å²) >= 11 is 0. The van der Waals surface area contributed by atoms with E-state index in [1.54, 1.807) is 11.6 Å². The van der Waals surface area contributed by atoms with Crippen LogP contribution in [0, 0.1) is 23.2 Å². The molecule has 0 bridgehead atoms. The fourth-order valence-corrected chi connectivity index (χ4v) is 5.88. The maximum absolute atomic E-state index is 8.58. The summed E-state index contributed by atoms with van der Waals surface area (Å²) < 4.78 is 6.40. The predicted octanol–water partition coefficient (Wildman–Crippen LogP) is 8.91. The van der Waals surface area contributed by atoms with Gasteiger partial charge in [0.15, 0.2) is 0 Å². The molecular formula is C31H47NO. The lowest BCUT2D eigenvalue weighted by molar-refractivity contribution is -0.00474. The van der Waals surface area contributed by atoms with Crippen LogP contribution in [0.5, 0.6) is 0 Å². The highest BCUT2D eigenvalue weighted by Crippen LogP contribution is 2.36. The van der Waals surface area contributed by atoms with Crippen LogP contribution >= 0.6 is 0 Å². The fourth-order valence-electron chi connectivity index (χ4n) is 5.88. The molecule has 0 N–H and O–H groups in total. The molecule has 2 saturated carbocycles. The van der Waals surface area contributed by atoms with E-state index >= 15 is 0 Å². The summed E-state index contributed by atoms with van der Waals surface area (Å²) in [5.74, 6) is 2.35. The molecule has 2 aliphatic carbocycles. The largest absolute Gasteiger partial charge is 0.378 e. The standard InChI is InChI=1S/C31H47NO/c1-2-3-4-5-7-10-27-16-18-29(19-17-27)30-20-22-31(23-21-30)33-25-28-14-12-26(13-15-28)11-8-6-9-24-32/h6,9,16-19,26,28,30-31H,2-5,7-8,10-15,20-23,25H2,1H3/t26-,28-,30-,31-. The molecular weight excluding hydrogens is 402 g/mol. The number of hydrogen-bond donors (Lipinski definition) is 0. The quantitative estimate of drug-likeness (QED) is 0.222. The van der Waals surface area contributed by atoms with Gasteiger partial charge in [0.2, 0.25) is 0 Å². The van der Waals surface area contributed by atoms with Crippen LogP contribution < -0.4 is 0 Å². The first-order valence-electron chi connectivity index (χ1n) is 14.0. The van der Waals surface area contributed by atoms with Crippen molar-refractivity contribution in [1.82, 2.24) is 0 Å². The van der Waals surface area contributed by atoms with Crippen LogP contribution in [0.1, 0.15) is 120 Å². The maximum atomic E-state index is 8.58. The lowest BCUT2D eigenvalue weighted by atomic mass is 9.80. The van der Waals surface area contributed by atoms with Gasteiger partial charge < -0.3 is 4.74 Å². The molecule has 0 heterocycles. The van der Waals surface area contributed by atoms with E-state index in [1.165, 1.54) is 102 Å². The monoisotopic (exact) mass is 449 g/mol. The topological polar surface area (TPSA) is 33.0 Å². The number of aryl methyl sites for hydroxylation is 1. The van der Waals surface area contributed by atoms with E-state index in [9.17, 15) is 0 Å². The second-order valence-corrected chi connectivity index (χ2v) is 10.7. The number of allylic oxidation sites excluding steroid dienone is 2. The molecule has 182 valence electrons. The molecule has 0 spiro atoms. The highest BCUT2D eigenvalue weighted by atomic mass is 16.5. The average Bonchev–Trinajstić information content (AvgIpc) is 2.87. The molecule has 2 nitrogen and oxygen atoms in total. The average molecular weight is 450 g/mol. The number of nitrogens with zero attached hydrogens (tertiary/aromatic N) is 1. The molecule has 0 aromatic heterocycles. The smallest absolute Gasteiger partial charge is 0.0908 e. The van der Waals surface area contributed by atoms with Gasteiger partial charge in [-0.1, -0.05) is 75.8 Å². The van der Waals surface area contributed by atoms with Crippen molar-refractivity contribution in [2.24, 2.45) is 11.8 Å². The predicted molar refractivity (Wildman–Crippen MR) is 139 cm³/mol. The Bertz CT molecular complexity index is 699. The van der Waals surface area contributed by atoms with Crippen LogP contribution in [0.4, 0.5) is 0 Å². The Kier molecular flexibility index (Phi) is 12.1. The lowest BCUT2D eigenvalue weighted by Gasteiger charge is -2.32. The first kappa shape index (κ1) is 26.0. The van der Waals surface area contributed by atoms with Gasteiger partial charge in [-0.05, 0) is 93.1 Å². The summed E-state index contributed by atoms with van der Waals surface area (Å²) in [4.78, 5) is 0. The van der Waals surface area contributed by atoms with Gasteiger partial charge >= 0.3 is 0 Å². The number of unbranched alkanes of at least 4 members (excludes halogenated alkanes) is 4. The van der Waals surface area contributed by atoms with Gasteiger partial charge in [0, 0.05) is 12.7 Å². The number of rotatable bonds is 13. The lowest BCUT2D eigenvalue weighted by Crippen LogP contribution is -2.25. The number of nitriles is 1. The second kappa shape index (κ2) is 15.3. The molecule has 3 rings (SSSR count). The van der Waals surface area contributed by atoms with Crippen molar-refractivity contribution in [2.75, 3.05) is 6.61 Å². The van der Waals surface area contributed by atoms with Crippen LogP contribution in [0.3, 0.4) is 0 Å². The Labute approximate surface area is 203 Å². The minimum Gasteiger partial charge on any atom is -0.378 e. The Hall–Kier alpha value is -1.59. The summed E-state index contributed by atoms with van der Waals surface area (Å²) in [5, 5.41) is 8.58. The molecule has 0 atom stereocenters. The molecule has 1 aromatic rings. The summed E-state index contributed by atoms with van der Waals surface area (Å²) in [6, 6.07) is 11.7. The second-order valence-electron chi connectivity index (χ2n) is 10.7. The van der Waals surface area contributed by atoms with Crippen molar-refractivity contribution in [3.05, 3.63) is 47.5 Å². The molecule has 0 saturated heterocycles. The highest BCUT2D eigenvalue weighted by Gasteiger charge is 2.25. The van der Waals surface area contributed by atoms with Gasteiger partial charge in [-0.15, -0.1) is 0 Å². The zero-order valence-electron chi connectivity index (χ0n) is 21.1. The third-order valence-electron chi connectivity index (χ3n) is 8.16. The summed E-state index contributed by atoms with van der Waals surface area (Å²) in [6.07, 6.45) is 24.8. The van der Waals surface area contributed by atoms with Crippen LogP contribution in [-0.2, 0) is 11.2 Å². The van der Waals surface area contributed by atoms with E-state index in [-0.39, 0.29) is 0 Å². The van der Waals surface area contributed by atoms with Gasteiger partial charge in [0.1, 0.15) is 0 Å². The van der Waals surface area contributed by atoms with Crippen molar-refractivity contribution in [3.8, 4) is 6.07 Å². The maximum Gasteiger partial charge on any atom is 0.0908 e. The van der Waals surface area contributed by atoms with E-state index < -0.39 is 0 Å². The fraction of sp³-hybridized carbons (Fsp3) is 0.710. The number of benzene rings is 1. The zero-order chi connectivity index (χ0) is 23.1. The number of hydrogen-bond acceptors (Lipinski definition) is 2. The first-order valence-corrected chi connectivity index (χ1v) is 14.0. The van der Waals surface area contributed by atoms with Gasteiger partial charge in [-0.2, -0.15) is 5.26 Å². The summed E-state index contributed by atoms with van der Waals surface area (Å²) in [6.45, 7) is 3.26. The Morgan fingerprint density at radius 3 is 2.27 bits per heavy atom. The van der Waals surface area contributed by atoms with E-state index in [1.807, 2.05) is 6.08 Å². The van der Waals surface area contributed by atoms with E-state index in [2.05, 4.69) is 37.3 Å². The molecule has 0 amide bonds. The molecule has 1 aromatic carbocycles. The van der Waals surface area contributed by atoms with Crippen molar-refractivity contribution in [1.29, 1.82) is 5.26 Å². The highest BCUT2D eigenvalue weighted by molar-refractivity contribution is 5.26.